The van der Waals surface area contributed by atoms with E-state index in [4.69, 9.17) is 14.6 Å². The number of benzene rings is 2. The molecule has 8 heteroatoms. The van der Waals surface area contributed by atoms with Gasteiger partial charge in [-0.2, -0.15) is 0 Å². The van der Waals surface area contributed by atoms with E-state index in [9.17, 15) is 14.3 Å². The molecular formula is C21H26NO6P. The van der Waals surface area contributed by atoms with E-state index >= 15 is 0 Å². The molecule has 0 spiro atoms. The molecule has 3 rings (SSSR count). The van der Waals surface area contributed by atoms with Crippen LogP contribution in [0.3, 0.4) is 0 Å². The Bertz CT molecular complexity index is 877. The molecule has 3 atom stereocenters. The van der Waals surface area contributed by atoms with E-state index in [0.717, 1.165) is 11.1 Å². The molecule has 2 aromatic carbocycles. The second-order valence-corrected chi connectivity index (χ2v) is 9.68. The summed E-state index contributed by atoms with van der Waals surface area (Å²) in [5.41, 5.74) is 1.96. The summed E-state index contributed by atoms with van der Waals surface area (Å²) >= 11 is 0. The van der Waals surface area contributed by atoms with Crippen molar-refractivity contribution in [2.75, 3.05) is 26.4 Å². The Morgan fingerprint density at radius 2 is 2.00 bits per heavy atom. The quantitative estimate of drug-likeness (QED) is 0.565. The maximum Gasteiger partial charge on any atom is 0.335 e. The number of ether oxygens (including phenoxy) is 2. The summed E-state index contributed by atoms with van der Waals surface area (Å²) in [6, 6.07) is 14.0. The molecule has 1 aliphatic rings. The minimum Gasteiger partial charge on any atom is -0.497 e. The van der Waals surface area contributed by atoms with Gasteiger partial charge in [0.05, 0.1) is 31.5 Å². The average Bonchev–Trinajstić information content (AvgIpc) is 2.70. The van der Waals surface area contributed by atoms with Crippen molar-refractivity contribution in [1.82, 2.24) is 5.32 Å². The number of carboxylic acids is 1. The van der Waals surface area contributed by atoms with E-state index in [1.807, 2.05) is 6.07 Å². The zero-order chi connectivity index (χ0) is 20.9. The Kier molecular flexibility index (Phi) is 7.09. The summed E-state index contributed by atoms with van der Waals surface area (Å²) in [4.78, 5) is 21.5. The molecule has 1 fully saturated rings. The summed E-state index contributed by atoms with van der Waals surface area (Å²) in [5, 5.41) is 12.4. The van der Waals surface area contributed by atoms with E-state index in [2.05, 4.69) is 5.32 Å². The van der Waals surface area contributed by atoms with Crippen molar-refractivity contribution in [3.05, 3.63) is 65.2 Å². The summed E-state index contributed by atoms with van der Waals surface area (Å²) in [6.45, 7) is 0.890. The lowest BCUT2D eigenvalue weighted by Gasteiger charge is -2.31. The molecule has 0 aromatic heterocycles. The molecule has 29 heavy (non-hydrogen) atoms. The zero-order valence-corrected chi connectivity index (χ0v) is 17.2. The number of hydrogen-bond donors (Lipinski definition) is 3. The largest absolute Gasteiger partial charge is 0.497 e. The minimum absolute atomic E-state index is 0.0370. The van der Waals surface area contributed by atoms with Gasteiger partial charge in [0.2, 0.25) is 7.37 Å². The molecule has 1 aliphatic heterocycles. The predicted octanol–water partition coefficient (Wildman–Crippen LogP) is 2.76. The fourth-order valence-corrected chi connectivity index (χ4v) is 5.21. The fraction of sp³-hybridized carbons (Fsp3) is 0.381. The second kappa shape index (κ2) is 9.55. The Morgan fingerprint density at radius 1 is 1.24 bits per heavy atom. The molecule has 0 aliphatic carbocycles. The molecule has 156 valence electrons. The van der Waals surface area contributed by atoms with Gasteiger partial charge in [-0.05, 0) is 41.8 Å². The molecule has 3 N–H and O–H groups in total. The Hall–Kier alpha value is -2.18. The molecule has 1 unspecified atom stereocenters. The monoisotopic (exact) mass is 419 g/mol. The van der Waals surface area contributed by atoms with Crippen LogP contribution in [0.4, 0.5) is 0 Å². The van der Waals surface area contributed by atoms with Crippen LogP contribution >= 0.6 is 7.37 Å². The van der Waals surface area contributed by atoms with Gasteiger partial charge in [-0.3, -0.25) is 4.57 Å². The third-order valence-electron chi connectivity index (χ3n) is 4.90. The van der Waals surface area contributed by atoms with Crippen LogP contribution in [0.5, 0.6) is 5.75 Å². The smallest absolute Gasteiger partial charge is 0.335 e. The SMILES string of the molecule is COc1ccc(CP(=O)(O)C[C@@H]2CN[C@H](Cc3cccc(C(=O)O)c3)CO2)cc1. The average molecular weight is 419 g/mol. The lowest BCUT2D eigenvalue weighted by molar-refractivity contribution is 0.0162. The van der Waals surface area contributed by atoms with Gasteiger partial charge in [-0.25, -0.2) is 4.79 Å². The number of carboxylic acid groups (broad SMARTS) is 1. The maximum absolute atomic E-state index is 12.6. The van der Waals surface area contributed by atoms with Gasteiger partial charge >= 0.3 is 5.97 Å². The molecule has 0 amide bonds. The van der Waals surface area contributed by atoms with Crippen LogP contribution in [0.2, 0.25) is 0 Å². The van der Waals surface area contributed by atoms with Crippen molar-refractivity contribution < 1.29 is 28.8 Å². The molecule has 1 saturated heterocycles. The number of hydrogen-bond acceptors (Lipinski definition) is 5. The predicted molar refractivity (Wildman–Crippen MR) is 110 cm³/mol. The first kappa shape index (κ1) is 21.5. The van der Waals surface area contributed by atoms with Gasteiger partial charge in [-0.15, -0.1) is 0 Å². The van der Waals surface area contributed by atoms with Gasteiger partial charge in [0.15, 0.2) is 0 Å². The van der Waals surface area contributed by atoms with E-state index in [1.54, 1.807) is 49.6 Å². The lowest BCUT2D eigenvalue weighted by Crippen LogP contribution is -2.48. The van der Waals surface area contributed by atoms with Gasteiger partial charge < -0.3 is 24.8 Å². The number of morpholine rings is 1. The van der Waals surface area contributed by atoms with Crippen molar-refractivity contribution in [3.8, 4) is 5.75 Å². The van der Waals surface area contributed by atoms with Crippen LogP contribution in [0, 0.1) is 0 Å². The first-order chi connectivity index (χ1) is 13.8. The lowest BCUT2D eigenvalue weighted by atomic mass is 10.0. The highest BCUT2D eigenvalue weighted by Gasteiger charge is 2.29. The van der Waals surface area contributed by atoms with Crippen LogP contribution in [0.15, 0.2) is 48.5 Å². The van der Waals surface area contributed by atoms with Gasteiger partial charge in [-0.1, -0.05) is 24.3 Å². The normalized spacial score (nSPS) is 21.3. The van der Waals surface area contributed by atoms with Crippen molar-refractivity contribution in [3.63, 3.8) is 0 Å². The van der Waals surface area contributed by atoms with E-state index < -0.39 is 13.3 Å². The minimum atomic E-state index is -3.38. The number of rotatable bonds is 8. The van der Waals surface area contributed by atoms with Gasteiger partial charge in [0.1, 0.15) is 5.75 Å². The van der Waals surface area contributed by atoms with E-state index in [1.165, 1.54) is 0 Å². The number of nitrogens with one attached hydrogen (secondary N) is 1. The van der Waals surface area contributed by atoms with E-state index in [0.29, 0.717) is 25.3 Å². The van der Waals surface area contributed by atoms with Crippen LogP contribution in [-0.4, -0.2) is 54.5 Å². The molecule has 0 radical (unpaired) electrons. The molecule has 2 aromatic rings. The van der Waals surface area contributed by atoms with Gasteiger partial charge in [0, 0.05) is 18.7 Å². The van der Waals surface area contributed by atoms with Crippen molar-refractivity contribution in [2.24, 2.45) is 0 Å². The number of methoxy groups -OCH3 is 1. The Balaban J connectivity index is 1.49. The second-order valence-electron chi connectivity index (χ2n) is 7.31. The number of aromatic carboxylic acids is 1. The summed E-state index contributed by atoms with van der Waals surface area (Å²) in [5.74, 6) is -0.239. The van der Waals surface area contributed by atoms with E-state index in [-0.39, 0.29) is 30.0 Å². The molecule has 7 nitrogen and oxygen atoms in total. The summed E-state index contributed by atoms with van der Waals surface area (Å²) in [7, 11) is -1.80. The van der Waals surface area contributed by atoms with Crippen molar-refractivity contribution in [1.29, 1.82) is 0 Å². The molecule has 1 heterocycles. The Labute approximate surface area is 170 Å². The third kappa shape index (κ3) is 6.41. The van der Waals surface area contributed by atoms with Crippen molar-refractivity contribution in [2.45, 2.75) is 24.7 Å². The van der Waals surface area contributed by atoms with Crippen LogP contribution in [0.25, 0.3) is 0 Å². The topological polar surface area (TPSA) is 105 Å². The highest BCUT2D eigenvalue weighted by Crippen LogP contribution is 2.45. The Morgan fingerprint density at radius 3 is 2.62 bits per heavy atom. The van der Waals surface area contributed by atoms with Gasteiger partial charge in [0.25, 0.3) is 0 Å². The van der Waals surface area contributed by atoms with Crippen LogP contribution < -0.4 is 10.1 Å². The van der Waals surface area contributed by atoms with Crippen LogP contribution in [0.1, 0.15) is 21.5 Å². The first-order valence-electron chi connectivity index (χ1n) is 9.45. The molecule has 0 saturated carbocycles. The first-order valence-corrected chi connectivity index (χ1v) is 11.5. The molecule has 0 bridgehead atoms. The third-order valence-corrected chi connectivity index (χ3v) is 6.74. The number of carbonyl (C=O) groups is 1. The maximum atomic E-state index is 12.6. The van der Waals surface area contributed by atoms with Crippen molar-refractivity contribution >= 4 is 13.3 Å². The standard InChI is InChI=1S/C21H26NO6P/c1-27-19-7-5-15(6-8-19)13-29(25,26)14-20-11-22-18(12-28-20)10-16-3-2-4-17(9-16)21(23)24/h2-9,18,20,22H,10-14H2,1H3,(H,23,24)(H,25,26)/t18-,20+/m1/s1. The van der Waals surface area contributed by atoms with Crippen LogP contribution in [-0.2, 0) is 21.9 Å². The summed E-state index contributed by atoms with van der Waals surface area (Å²) in [6.07, 6.45) is 0.497. The highest BCUT2D eigenvalue weighted by atomic mass is 31.2. The molecular weight excluding hydrogens is 393 g/mol. The summed E-state index contributed by atoms with van der Waals surface area (Å²) < 4.78 is 23.6. The fourth-order valence-electron chi connectivity index (χ4n) is 3.43. The highest BCUT2D eigenvalue weighted by molar-refractivity contribution is 7.57. The zero-order valence-electron chi connectivity index (χ0n) is 16.3.